The number of aromatic nitrogens is 1. The Morgan fingerprint density at radius 2 is 2.14 bits per heavy atom. The third-order valence-electron chi connectivity index (χ3n) is 4.07. The van der Waals surface area contributed by atoms with Gasteiger partial charge in [-0.3, -0.25) is 4.79 Å². The Balaban J connectivity index is 1.88. The second-order valence-corrected chi connectivity index (χ2v) is 6.36. The molecule has 0 radical (unpaired) electrons. The predicted molar refractivity (Wildman–Crippen MR) is 80.1 cm³/mol. The van der Waals surface area contributed by atoms with Crippen molar-refractivity contribution in [3.63, 3.8) is 0 Å². The molecule has 1 aromatic heterocycles. The van der Waals surface area contributed by atoms with Crippen molar-refractivity contribution in [3.8, 4) is 0 Å². The summed E-state index contributed by atoms with van der Waals surface area (Å²) < 4.78 is 0. The van der Waals surface area contributed by atoms with E-state index in [-0.39, 0.29) is 12.6 Å². The van der Waals surface area contributed by atoms with Gasteiger partial charge in [0.05, 0.1) is 23.2 Å². The Labute approximate surface area is 128 Å². The zero-order valence-electron chi connectivity index (χ0n) is 12.2. The van der Waals surface area contributed by atoms with Crippen LogP contribution in [-0.2, 0) is 11.3 Å². The largest absolute Gasteiger partial charge is 0.481 e. The van der Waals surface area contributed by atoms with Gasteiger partial charge >= 0.3 is 12.0 Å². The molecule has 0 bridgehead atoms. The zero-order valence-corrected chi connectivity index (χ0v) is 13.0. The van der Waals surface area contributed by atoms with Crippen LogP contribution in [0.25, 0.3) is 0 Å². The molecule has 0 unspecified atom stereocenters. The van der Waals surface area contributed by atoms with E-state index < -0.39 is 11.4 Å². The maximum Gasteiger partial charge on any atom is 0.317 e. The van der Waals surface area contributed by atoms with E-state index in [0.717, 1.165) is 25.0 Å². The number of nitrogens with zero attached hydrogens (tertiary/aromatic N) is 2. The van der Waals surface area contributed by atoms with E-state index in [2.05, 4.69) is 10.3 Å². The van der Waals surface area contributed by atoms with Gasteiger partial charge in [-0.2, -0.15) is 0 Å². The summed E-state index contributed by atoms with van der Waals surface area (Å²) in [5, 5.41) is 14.1. The lowest BCUT2D eigenvalue weighted by molar-refractivity contribution is -0.150. The number of carbonyl (C=O) groups is 2. The average Bonchev–Trinajstić information content (AvgIpc) is 2.98. The molecule has 6 nitrogen and oxygen atoms in total. The molecule has 2 rings (SSSR count). The Hall–Kier alpha value is -1.63. The minimum absolute atomic E-state index is 0.197. The SMILES string of the molecule is CN(Cc1cscn1)C(=O)NCC1(C(=O)O)CCCCC1. The van der Waals surface area contributed by atoms with E-state index in [1.165, 1.54) is 16.2 Å². The number of hydrogen-bond donors (Lipinski definition) is 2. The first-order valence-corrected chi connectivity index (χ1v) is 8.07. The molecule has 1 aromatic rings. The summed E-state index contributed by atoms with van der Waals surface area (Å²) in [4.78, 5) is 29.3. The van der Waals surface area contributed by atoms with E-state index in [0.29, 0.717) is 19.4 Å². The van der Waals surface area contributed by atoms with Crippen LogP contribution in [0.1, 0.15) is 37.8 Å². The fourth-order valence-electron chi connectivity index (χ4n) is 2.70. The molecule has 1 fully saturated rings. The van der Waals surface area contributed by atoms with E-state index in [1.54, 1.807) is 12.6 Å². The Morgan fingerprint density at radius 1 is 1.43 bits per heavy atom. The van der Waals surface area contributed by atoms with Crippen LogP contribution in [-0.4, -0.2) is 40.6 Å². The zero-order chi connectivity index (χ0) is 15.3. The van der Waals surface area contributed by atoms with Crippen molar-refractivity contribution < 1.29 is 14.7 Å². The molecular formula is C14H21N3O3S. The van der Waals surface area contributed by atoms with Crippen LogP contribution in [0.15, 0.2) is 10.9 Å². The molecule has 7 heteroatoms. The number of rotatable bonds is 5. The normalized spacial score (nSPS) is 17.2. The third-order valence-corrected chi connectivity index (χ3v) is 4.71. The van der Waals surface area contributed by atoms with Gasteiger partial charge in [-0.15, -0.1) is 11.3 Å². The van der Waals surface area contributed by atoms with Crippen LogP contribution in [0, 0.1) is 5.41 Å². The van der Waals surface area contributed by atoms with Gasteiger partial charge < -0.3 is 15.3 Å². The molecule has 0 aliphatic heterocycles. The summed E-state index contributed by atoms with van der Waals surface area (Å²) in [6, 6.07) is -0.255. The van der Waals surface area contributed by atoms with Gasteiger partial charge in [0, 0.05) is 19.0 Å². The molecule has 21 heavy (non-hydrogen) atoms. The first-order chi connectivity index (χ1) is 10.0. The highest BCUT2D eigenvalue weighted by Gasteiger charge is 2.39. The van der Waals surface area contributed by atoms with Gasteiger partial charge in [-0.05, 0) is 12.8 Å². The number of amides is 2. The van der Waals surface area contributed by atoms with E-state index in [9.17, 15) is 14.7 Å². The Kier molecular flexibility index (Phi) is 5.17. The number of carboxylic acids is 1. The highest BCUT2D eigenvalue weighted by atomic mass is 32.1. The van der Waals surface area contributed by atoms with Crippen LogP contribution in [0.2, 0.25) is 0 Å². The maximum absolute atomic E-state index is 12.1. The van der Waals surface area contributed by atoms with Crippen LogP contribution < -0.4 is 5.32 Å². The quantitative estimate of drug-likeness (QED) is 0.874. The predicted octanol–water partition coefficient (Wildman–Crippen LogP) is 2.32. The number of carbonyl (C=O) groups excluding carboxylic acids is 1. The highest BCUT2D eigenvalue weighted by molar-refractivity contribution is 7.07. The fraction of sp³-hybridized carbons (Fsp3) is 0.643. The molecule has 0 atom stereocenters. The topological polar surface area (TPSA) is 82.5 Å². The van der Waals surface area contributed by atoms with E-state index >= 15 is 0 Å². The highest BCUT2D eigenvalue weighted by Crippen LogP contribution is 2.36. The Bertz CT molecular complexity index is 484. The average molecular weight is 311 g/mol. The van der Waals surface area contributed by atoms with Gasteiger partial charge in [0.1, 0.15) is 0 Å². The summed E-state index contributed by atoms with van der Waals surface area (Å²) in [7, 11) is 1.68. The maximum atomic E-state index is 12.1. The molecule has 1 heterocycles. The standard InChI is InChI=1S/C14H21N3O3S/c1-17(7-11-8-21-10-16-11)13(20)15-9-14(12(18)19)5-3-2-4-6-14/h8,10H,2-7,9H2,1H3,(H,15,20)(H,18,19). The number of aliphatic carboxylic acids is 1. The molecule has 0 aromatic carbocycles. The molecule has 0 saturated heterocycles. The first kappa shape index (κ1) is 15.8. The lowest BCUT2D eigenvalue weighted by Crippen LogP contribution is -2.47. The molecule has 0 spiro atoms. The summed E-state index contributed by atoms with van der Waals surface area (Å²) in [6.45, 7) is 0.623. The molecule has 2 N–H and O–H groups in total. The molecule has 1 saturated carbocycles. The minimum atomic E-state index is -0.801. The van der Waals surface area contributed by atoms with Crippen LogP contribution in [0.5, 0.6) is 0 Å². The molecule has 2 amide bonds. The lowest BCUT2D eigenvalue weighted by atomic mass is 9.74. The van der Waals surface area contributed by atoms with Crippen LogP contribution in [0.4, 0.5) is 4.79 Å². The molecule has 1 aliphatic carbocycles. The number of hydrogen-bond acceptors (Lipinski definition) is 4. The molecular weight excluding hydrogens is 290 g/mol. The number of thiazole rings is 1. The first-order valence-electron chi connectivity index (χ1n) is 7.13. The smallest absolute Gasteiger partial charge is 0.317 e. The van der Waals surface area contributed by atoms with Gasteiger partial charge in [0.2, 0.25) is 0 Å². The van der Waals surface area contributed by atoms with E-state index in [4.69, 9.17) is 0 Å². The monoisotopic (exact) mass is 311 g/mol. The van der Waals surface area contributed by atoms with E-state index in [1.807, 2.05) is 5.38 Å². The number of urea groups is 1. The number of nitrogens with one attached hydrogen (secondary N) is 1. The minimum Gasteiger partial charge on any atom is -0.481 e. The van der Waals surface area contributed by atoms with Crippen molar-refractivity contribution in [3.05, 3.63) is 16.6 Å². The molecule has 116 valence electrons. The number of carboxylic acid groups (broad SMARTS) is 1. The fourth-order valence-corrected chi connectivity index (χ4v) is 3.25. The Morgan fingerprint density at radius 3 is 2.71 bits per heavy atom. The van der Waals surface area contributed by atoms with Crippen molar-refractivity contribution in [1.82, 2.24) is 15.2 Å². The van der Waals surface area contributed by atoms with Crippen molar-refractivity contribution in [2.45, 2.75) is 38.6 Å². The summed E-state index contributed by atoms with van der Waals surface area (Å²) >= 11 is 1.49. The van der Waals surface area contributed by atoms with Crippen molar-refractivity contribution in [1.29, 1.82) is 0 Å². The van der Waals surface area contributed by atoms with Gasteiger partial charge in [0.15, 0.2) is 0 Å². The van der Waals surface area contributed by atoms with Crippen molar-refractivity contribution in [2.24, 2.45) is 5.41 Å². The van der Waals surface area contributed by atoms with Crippen molar-refractivity contribution >= 4 is 23.3 Å². The summed E-state index contributed by atoms with van der Waals surface area (Å²) in [6.07, 6.45) is 4.18. The van der Waals surface area contributed by atoms with Gasteiger partial charge in [-0.1, -0.05) is 19.3 Å². The second-order valence-electron chi connectivity index (χ2n) is 5.64. The van der Waals surface area contributed by atoms with Gasteiger partial charge in [0.25, 0.3) is 0 Å². The second kappa shape index (κ2) is 6.89. The van der Waals surface area contributed by atoms with Gasteiger partial charge in [-0.25, -0.2) is 9.78 Å². The molecule has 1 aliphatic rings. The van der Waals surface area contributed by atoms with Crippen LogP contribution in [0.3, 0.4) is 0 Å². The lowest BCUT2D eigenvalue weighted by Gasteiger charge is -2.33. The summed E-state index contributed by atoms with van der Waals surface area (Å²) in [5.74, 6) is -0.801. The van der Waals surface area contributed by atoms with Crippen LogP contribution >= 0.6 is 11.3 Å². The van der Waals surface area contributed by atoms with Crippen molar-refractivity contribution in [2.75, 3.05) is 13.6 Å². The third kappa shape index (κ3) is 3.93. The summed E-state index contributed by atoms with van der Waals surface area (Å²) in [5.41, 5.74) is 1.76.